The van der Waals surface area contributed by atoms with Crippen molar-refractivity contribution in [1.29, 1.82) is 0 Å². The molecule has 0 saturated carbocycles. The maximum Gasteiger partial charge on any atom is 0.253 e. The van der Waals surface area contributed by atoms with Crippen LogP contribution < -0.4 is 16.0 Å². The molecule has 3 N–H and O–H groups in total. The SMILES string of the molecule is CN(C)CCCCNC(=O)c1cc(N)ccc1N(C)C. The fourth-order valence-corrected chi connectivity index (χ4v) is 1.98. The van der Waals surface area contributed by atoms with E-state index >= 15 is 0 Å². The molecule has 1 amide bonds. The zero-order valence-electron chi connectivity index (χ0n) is 12.9. The van der Waals surface area contributed by atoms with Crippen molar-refractivity contribution in [3.8, 4) is 0 Å². The van der Waals surface area contributed by atoms with Gasteiger partial charge in [-0.15, -0.1) is 0 Å². The van der Waals surface area contributed by atoms with Crippen molar-refractivity contribution >= 4 is 17.3 Å². The van der Waals surface area contributed by atoms with Crippen LogP contribution in [-0.2, 0) is 0 Å². The van der Waals surface area contributed by atoms with E-state index < -0.39 is 0 Å². The first kappa shape index (κ1) is 16.3. The third-order valence-corrected chi connectivity index (χ3v) is 3.06. The molecule has 1 aromatic carbocycles. The average molecular weight is 278 g/mol. The molecule has 0 heterocycles. The number of nitrogens with one attached hydrogen (secondary N) is 1. The number of amides is 1. The Bertz CT molecular complexity index is 443. The lowest BCUT2D eigenvalue weighted by molar-refractivity contribution is 0.0953. The molecule has 112 valence electrons. The number of carbonyl (C=O) groups excluding carboxylic acids is 1. The van der Waals surface area contributed by atoms with E-state index in [2.05, 4.69) is 24.3 Å². The number of hydrogen-bond donors (Lipinski definition) is 2. The number of anilines is 2. The second-order valence-electron chi connectivity index (χ2n) is 5.44. The maximum atomic E-state index is 12.2. The number of unbranched alkanes of at least 4 members (excludes halogenated alkanes) is 1. The second kappa shape index (κ2) is 7.75. The van der Waals surface area contributed by atoms with Gasteiger partial charge in [-0.25, -0.2) is 0 Å². The van der Waals surface area contributed by atoms with E-state index in [4.69, 9.17) is 5.73 Å². The molecule has 0 aliphatic carbocycles. The van der Waals surface area contributed by atoms with Crippen molar-refractivity contribution in [1.82, 2.24) is 10.2 Å². The monoisotopic (exact) mass is 278 g/mol. The van der Waals surface area contributed by atoms with E-state index in [9.17, 15) is 4.79 Å². The van der Waals surface area contributed by atoms with Crippen molar-refractivity contribution in [2.24, 2.45) is 0 Å². The number of hydrogen-bond acceptors (Lipinski definition) is 4. The summed E-state index contributed by atoms with van der Waals surface area (Å²) in [6.07, 6.45) is 2.05. The quantitative estimate of drug-likeness (QED) is 0.585. The Balaban J connectivity index is 2.56. The summed E-state index contributed by atoms with van der Waals surface area (Å²) in [6, 6.07) is 5.41. The third kappa shape index (κ3) is 5.09. The van der Waals surface area contributed by atoms with Crippen LogP contribution in [0, 0.1) is 0 Å². The normalized spacial score (nSPS) is 10.7. The highest BCUT2D eigenvalue weighted by Gasteiger charge is 2.12. The molecule has 1 rings (SSSR count). The lowest BCUT2D eigenvalue weighted by Gasteiger charge is -2.17. The highest BCUT2D eigenvalue weighted by Crippen LogP contribution is 2.21. The molecule has 0 radical (unpaired) electrons. The molecular weight excluding hydrogens is 252 g/mol. The molecule has 5 heteroatoms. The van der Waals surface area contributed by atoms with E-state index in [0.717, 1.165) is 25.1 Å². The molecule has 0 unspecified atom stereocenters. The molecule has 20 heavy (non-hydrogen) atoms. The van der Waals surface area contributed by atoms with Crippen LogP contribution in [0.25, 0.3) is 0 Å². The molecule has 0 bridgehead atoms. The number of nitrogens with two attached hydrogens (primary N) is 1. The number of nitrogen functional groups attached to an aromatic ring is 1. The number of benzene rings is 1. The maximum absolute atomic E-state index is 12.2. The Morgan fingerprint density at radius 2 is 1.90 bits per heavy atom. The van der Waals surface area contributed by atoms with Crippen molar-refractivity contribution in [2.75, 3.05) is 51.9 Å². The highest BCUT2D eigenvalue weighted by molar-refractivity contribution is 6.00. The summed E-state index contributed by atoms with van der Waals surface area (Å²) in [5, 5.41) is 2.96. The first-order valence-electron chi connectivity index (χ1n) is 6.91. The fourth-order valence-electron chi connectivity index (χ4n) is 1.98. The van der Waals surface area contributed by atoms with Crippen LogP contribution in [0.3, 0.4) is 0 Å². The topological polar surface area (TPSA) is 61.6 Å². The summed E-state index contributed by atoms with van der Waals surface area (Å²) in [5.41, 5.74) is 7.88. The van der Waals surface area contributed by atoms with E-state index in [1.54, 1.807) is 6.07 Å². The minimum absolute atomic E-state index is 0.0640. The van der Waals surface area contributed by atoms with Gasteiger partial charge in [0.25, 0.3) is 5.91 Å². The van der Waals surface area contributed by atoms with Gasteiger partial charge in [0.1, 0.15) is 0 Å². The Labute approximate surface area is 121 Å². The summed E-state index contributed by atoms with van der Waals surface area (Å²) in [4.78, 5) is 16.3. The molecule has 0 aromatic heterocycles. The smallest absolute Gasteiger partial charge is 0.253 e. The predicted molar refractivity (Wildman–Crippen MR) is 85.3 cm³/mol. The van der Waals surface area contributed by atoms with Crippen LogP contribution in [0.15, 0.2) is 18.2 Å². The van der Waals surface area contributed by atoms with Crippen LogP contribution in [0.4, 0.5) is 11.4 Å². The van der Waals surface area contributed by atoms with Gasteiger partial charge in [0.15, 0.2) is 0 Å². The molecule has 0 saturated heterocycles. The lowest BCUT2D eigenvalue weighted by atomic mass is 10.1. The fraction of sp³-hybridized carbons (Fsp3) is 0.533. The molecular formula is C15H26N4O. The van der Waals surface area contributed by atoms with E-state index in [1.165, 1.54) is 0 Å². The van der Waals surface area contributed by atoms with Crippen molar-refractivity contribution in [3.63, 3.8) is 0 Å². The van der Waals surface area contributed by atoms with Gasteiger partial charge >= 0.3 is 0 Å². The van der Waals surface area contributed by atoms with Crippen LogP contribution in [-0.4, -0.2) is 52.1 Å². The van der Waals surface area contributed by atoms with Crippen molar-refractivity contribution in [2.45, 2.75) is 12.8 Å². The second-order valence-corrected chi connectivity index (χ2v) is 5.44. The molecule has 0 spiro atoms. The van der Waals surface area contributed by atoms with Gasteiger partial charge in [0, 0.05) is 32.0 Å². The Morgan fingerprint density at radius 1 is 1.20 bits per heavy atom. The zero-order chi connectivity index (χ0) is 15.1. The molecule has 0 aliphatic heterocycles. The first-order valence-corrected chi connectivity index (χ1v) is 6.91. The largest absolute Gasteiger partial charge is 0.399 e. The molecule has 0 aliphatic rings. The third-order valence-electron chi connectivity index (χ3n) is 3.06. The number of rotatable bonds is 7. The Hall–Kier alpha value is -1.75. The van der Waals surface area contributed by atoms with Crippen LogP contribution >= 0.6 is 0 Å². The zero-order valence-corrected chi connectivity index (χ0v) is 12.9. The summed E-state index contributed by atoms with van der Waals surface area (Å²) in [7, 11) is 7.93. The van der Waals surface area contributed by atoms with E-state index in [-0.39, 0.29) is 5.91 Å². The molecule has 1 aromatic rings. The minimum Gasteiger partial charge on any atom is -0.399 e. The van der Waals surface area contributed by atoms with Crippen LogP contribution in [0.2, 0.25) is 0 Å². The molecule has 0 fully saturated rings. The van der Waals surface area contributed by atoms with E-state index in [0.29, 0.717) is 17.8 Å². The summed E-state index contributed by atoms with van der Waals surface area (Å²) >= 11 is 0. The van der Waals surface area contributed by atoms with Gasteiger partial charge in [-0.3, -0.25) is 4.79 Å². The van der Waals surface area contributed by atoms with Gasteiger partial charge in [-0.05, 0) is 51.7 Å². The Morgan fingerprint density at radius 3 is 2.50 bits per heavy atom. The first-order chi connectivity index (χ1) is 9.41. The number of nitrogens with zero attached hydrogens (tertiary/aromatic N) is 2. The summed E-state index contributed by atoms with van der Waals surface area (Å²) in [6.45, 7) is 1.73. The lowest BCUT2D eigenvalue weighted by Crippen LogP contribution is -2.27. The van der Waals surface area contributed by atoms with Crippen molar-refractivity contribution < 1.29 is 4.79 Å². The molecule has 0 atom stereocenters. The van der Waals surface area contributed by atoms with Gasteiger partial charge in [-0.1, -0.05) is 0 Å². The van der Waals surface area contributed by atoms with Crippen LogP contribution in [0.1, 0.15) is 23.2 Å². The summed E-state index contributed by atoms with van der Waals surface area (Å²) < 4.78 is 0. The number of carbonyl (C=O) groups is 1. The summed E-state index contributed by atoms with van der Waals surface area (Å²) in [5.74, 6) is -0.0640. The minimum atomic E-state index is -0.0640. The standard InChI is InChI=1S/C15H26N4O/c1-18(2)10-6-5-9-17-15(20)13-11-12(16)7-8-14(13)19(3)4/h7-8,11H,5-6,9-10,16H2,1-4H3,(H,17,20). The average Bonchev–Trinajstić information content (AvgIpc) is 2.37. The van der Waals surface area contributed by atoms with E-state index in [1.807, 2.05) is 31.1 Å². The van der Waals surface area contributed by atoms with Gasteiger partial charge < -0.3 is 20.9 Å². The molecule has 5 nitrogen and oxygen atoms in total. The Kier molecular flexibility index (Phi) is 6.31. The van der Waals surface area contributed by atoms with Gasteiger partial charge in [0.2, 0.25) is 0 Å². The predicted octanol–water partition coefficient (Wildman–Crippen LogP) is 1.41. The van der Waals surface area contributed by atoms with Gasteiger partial charge in [0.05, 0.1) is 5.56 Å². The van der Waals surface area contributed by atoms with Crippen molar-refractivity contribution in [3.05, 3.63) is 23.8 Å². The highest BCUT2D eigenvalue weighted by atomic mass is 16.1. The van der Waals surface area contributed by atoms with Crippen LogP contribution in [0.5, 0.6) is 0 Å². The van der Waals surface area contributed by atoms with Gasteiger partial charge in [-0.2, -0.15) is 0 Å².